The second kappa shape index (κ2) is 5.88. The number of likely N-dealkylation sites (tertiary alicyclic amines) is 1. The number of amidine groups is 1. The molecule has 4 rings (SSSR count). The molecule has 2 heterocycles. The minimum absolute atomic E-state index is 0.0846. The summed E-state index contributed by atoms with van der Waals surface area (Å²) >= 11 is 0. The Labute approximate surface area is 142 Å². The maximum atomic E-state index is 12.4. The van der Waals surface area contributed by atoms with Crippen molar-refractivity contribution in [2.45, 2.75) is 30.6 Å². The van der Waals surface area contributed by atoms with Gasteiger partial charge in [-0.1, -0.05) is 12.1 Å². The lowest BCUT2D eigenvalue weighted by molar-refractivity contribution is -0.126. The van der Waals surface area contributed by atoms with Crippen molar-refractivity contribution in [1.82, 2.24) is 10.2 Å². The molecular formula is C17H21N3O3S. The highest BCUT2D eigenvalue weighted by Crippen LogP contribution is 2.30. The van der Waals surface area contributed by atoms with E-state index < -0.39 is 10.0 Å². The van der Waals surface area contributed by atoms with Crippen LogP contribution in [0.2, 0.25) is 0 Å². The number of rotatable bonds is 3. The van der Waals surface area contributed by atoms with E-state index in [9.17, 15) is 13.2 Å². The first-order chi connectivity index (χ1) is 11.5. The fourth-order valence-corrected chi connectivity index (χ4v) is 4.64. The number of carbonyl (C=O) groups excluding carboxylic acids is 1. The van der Waals surface area contributed by atoms with Gasteiger partial charge in [0.2, 0.25) is 5.91 Å². The molecule has 0 aromatic heterocycles. The van der Waals surface area contributed by atoms with Gasteiger partial charge >= 0.3 is 0 Å². The van der Waals surface area contributed by atoms with Gasteiger partial charge in [0.1, 0.15) is 4.90 Å². The third kappa shape index (κ3) is 2.92. The molecule has 7 heteroatoms. The largest absolute Gasteiger partial charge is 0.356 e. The molecule has 1 aliphatic carbocycles. The Bertz CT molecular complexity index is 799. The van der Waals surface area contributed by atoms with Crippen LogP contribution in [0.25, 0.3) is 0 Å². The second-order valence-corrected chi connectivity index (χ2v) is 8.43. The first kappa shape index (κ1) is 15.6. The zero-order chi connectivity index (χ0) is 16.7. The standard InChI is InChI=1S/C17H21N3O3S/c21-17(18-10-12-7-8-12)13-4-3-9-20(11-13)16-14-5-1-2-6-15(14)24(22,23)19-16/h1-2,5-6,12-13H,3-4,7-11H2,(H,18,21)/t13-/m1/s1. The van der Waals surface area contributed by atoms with E-state index in [1.54, 1.807) is 18.2 Å². The van der Waals surface area contributed by atoms with E-state index in [2.05, 4.69) is 9.71 Å². The van der Waals surface area contributed by atoms with Gasteiger partial charge in [0, 0.05) is 25.2 Å². The highest BCUT2D eigenvalue weighted by molar-refractivity contribution is 7.90. The van der Waals surface area contributed by atoms with E-state index in [-0.39, 0.29) is 16.7 Å². The lowest BCUT2D eigenvalue weighted by Crippen LogP contribution is -2.45. The van der Waals surface area contributed by atoms with Gasteiger partial charge in [0.25, 0.3) is 10.0 Å². The van der Waals surface area contributed by atoms with Crippen molar-refractivity contribution in [1.29, 1.82) is 0 Å². The average molecular weight is 347 g/mol. The van der Waals surface area contributed by atoms with Crippen LogP contribution in [0, 0.1) is 11.8 Å². The molecule has 0 unspecified atom stereocenters. The zero-order valence-electron chi connectivity index (χ0n) is 13.4. The second-order valence-electron chi connectivity index (χ2n) is 6.86. The molecule has 24 heavy (non-hydrogen) atoms. The summed E-state index contributed by atoms with van der Waals surface area (Å²) in [5.74, 6) is 1.13. The van der Waals surface area contributed by atoms with Gasteiger partial charge < -0.3 is 10.2 Å². The van der Waals surface area contributed by atoms with Crippen molar-refractivity contribution in [3.05, 3.63) is 29.8 Å². The molecule has 0 radical (unpaired) electrons. The summed E-state index contributed by atoms with van der Waals surface area (Å²) in [7, 11) is -3.61. The Morgan fingerprint density at radius 3 is 2.83 bits per heavy atom. The lowest BCUT2D eigenvalue weighted by atomic mass is 9.96. The molecule has 2 aliphatic heterocycles. The minimum atomic E-state index is -3.61. The molecule has 1 aromatic rings. The molecule has 6 nitrogen and oxygen atoms in total. The molecule has 1 amide bonds. The lowest BCUT2D eigenvalue weighted by Gasteiger charge is -2.33. The summed E-state index contributed by atoms with van der Waals surface area (Å²) in [6.07, 6.45) is 4.13. The quantitative estimate of drug-likeness (QED) is 0.896. The minimum Gasteiger partial charge on any atom is -0.356 e. The number of carbonyl (C=O) groups is 1. The smallest absolute Gasteiger partial charge is 0.285 e. The SMILES string of the molecule is O=C(NCC1CC1)[C@@H]1CCCN(C2=NS(=O)(=O)c3ccccc32)C1. The van der Waals surface area contributed by atoms with Gasteiger partial charge in [-0.05, 0) is 43.7 Å². The number of nitrogens with zero attached hydrogens (tertiary/aromatic N) is 2. The number of nitrogens with one attached hydrogen (secondary N) is 1. The number of benzene rings is 1. The van der Waals surface area contributed by atoms with E-state index in [4.69, 9.17) is 0 Å². The summed E-state index contributed by atoms with van der Waals surface area (Å²) < 4.78 is 28.4. The van der Waals surface area contributed by atoms with E-state index in [1.807, 2.05) is 11.0 Å². The van der Waals surface area contributed by atoms with Crippen molar-refractivity contribution >= 4 is 21.8 Å². The van der Waals surface area contributed by atoms with Crippen LogP contribution < -0.4 is 5.32 Å². The number of piperidine rings is 1. The molecule has 3 aliphatic rings. The first-order valence-corrected chi connectivity index (χ1v) is 9.95. The molecule has 0 bridgehead atoms. The molecule has 1 saturated heterocycles. The molecular weight excluding hydrogens is 326 g/mol. The van der Waals surface area contributed by atoms with Crippen LogP contribution in [-0.2, 0) is 14.8 Å². The van der Waals surface area contributed by atoms with Crippen LogP contribution in [0.5, 0.6) is 0 Å². The molecule has 1 atom stereocenters. The van der Waals surface area contributed by atoms with Gasteiger partial charge in [-0.15, -0.1) is 4.40 Å². The number of fused-ring (bicyclic) bond motifs is 1. The Morgan fingerprint density at radius 2 is 2.04 bits per heavy atom. The highest BCUT2D eigenvalue weighted by atomic mass is 32.2. The summed E-state index contributed by atoms with van der Waals surface area (Å²) in [4.78, 5) is 14.6. The molecule has 1 saturated carbocycles. The van der Waals surface area contributed by atoms with E-state index in [0.29, 0.717) is 23.9 Å². The Kier molecular flexibility index (Phi) is 3.83. The van der Waals surface area contributed by atoms with Gasteiger partial charge in [-0.2, -0.15) is 8.42 Å². The summed E-state index contributed by atoms with van der Waals surface area (Å²) in [6, 6.07) is 6.90. The van der Waals surface area contributed by atoms with Gasteiger partial charge in [0.15, 0.2) is 5.84 Å². The number of sulfonamides is 1. The Morgan fingerprint density at radius 1 is 1.25 bits per heavy atom. The van der Waals surface area contributed by atoms with E-state index in [0.717, 1.165) is 25.9 Å². The molecule has 1 aromatic carbocycles. The van der Waals surface area contributed by atoms with Crippen LogP contribution in [0.1, 0.15) is 31.2 Å². The highest BCUT2D eigenvalue weighted by Gasteiger charge is 2.35. The number of amides is 1. The normalized spacial score (nSPS) is 25.1. The fourth-order valence-electron chi connectivity index (χ4n) is 3.41. The predicted molar refractivity (Wildman–Crippen MR) is 90.2 cm³/mol. The van der Waals surface area contributed by atoms with Crippen molar-refractivity contribution in [2.75, 3.05) is 19.6 Å². The predicted octanol–water partition coefficient (Wildman–Crippen LogP) is 1.37. The van der Waals surface area contributed by atoms with Crippen LogP contribution in [0.3, 0.4) is 0 Å². The Hall–Kier alpha value is -1.89. The summed E-state index contributed by atoms with van der Waals surface area (Å²) in [6.45, 7) is 2.03. The van der Waals surface area contributed by atoms with Crippen molar-refractivity contribution in [3.63, 3.8) is 0 Å². The van der Waals surface area contributed by atoms with Crippen molar-refractivity contribution in [3.8, 4) is 0 Å². The third-order valence-electron chi connectivity index (χ3n) is 4.97. The summed E-state index contributed by atoms with van der Waals surface area (Å²) in [5, 5.41) is 3.04. The van der Waals surface area contributed by atoms with Gasteiger partial charge in [0.05, 0.1) is 5.92 Å². The maximum absolute atomic E-state index is 12.4. The number of hydrogen-bond donors (Lipinski definition) is 1. The average Bonchev–Trinajstić information content (AvgIpc) is 3.38. The first-order valence-electron chi connectivity index (χ1n) is 8.51. The maximum Gasteiger partial charge on any atom is 0.285 e. The van der Waals surface area contributed by atoms with E-state index >= 15 is 0 Å². The van der Waals surface area contributed by atoms with Crippen LogP contribution >= 0.6 is 0 Å². The molecule has 1 N–H and O–H groups in total. The third-order valence-corrected chi connectivity index (χ3v) is 6.29. The molecule has 128 valence electrons. The van der Waals surface area contributed by atoms with Crippen molar-refractivity contribution in [2.24, 2.45) is 16.2 Å². The van der Waals surface area contributed by atoms with Crippen LogP contribution in [0.4, 0.5) is 0 Å². The monoisotopic (exact) mass is 347 g/mol. The Balaban J connectivity index is 1.51. The van der Waals surface area contributed by atoms with Gasteiger partial charge in [-0.25, -0.2) is 0 Å². The topological polar surface area (TPSA) is 78.8 Å². The fraction of sp³-hybridized carbons (Fsp3) is 0.529. The van der Waals surface area contributed by atoms with E-state index in [1.165, 1.54) is 12.8 Å². The van der Waals surface area contributed by atoms with Crippen LogP contribution in [-0.4, -0.2) is 44.7 Å². The van der Waals surface area contributed by atoms with Gasteiger partial charge in [-0.3, -0.25) is 4.79 Å². The molecule has 0 spiro atoms. The van der Waals surface area contributed by atoms with Crippen LogP contribution in [0.15, 0.2) is 33.6 Å². The number of hydrogen-bond acceptors (Lipinski definition) is 4. The zero-order valence-corrected chi connectivity index (χ0v) is 14.3. The summed E-state index contributed by atoms with van der Waals surface area (Å²) in [5.41, 5.74) is 0.650. The molecule has 2 fully saturated rings. The van der Waals surface area contributed by atoms with Crippen molar-refractivity contribution < 1.29 is 13.2 Å².